The van der Waals surface area contributed by atoms with Crippen molar-refractivity contribution < 1.29 is 18.3 Å². The van der Waals surface area contributed by atoms with Crippen molar-refractivity contribution in [2.24, 2.45) is 5.92 Å². The van der Waals surface area contributed by atoms with Crippen LogP contribution >= 0.6 is 0 Å². The van der Waals surface area contributed by atoms with Crippen molar-refractivity contribution in [1.29, 1.82) is 0 Å². The lowest BCUT2D eigenvalue weighted by Crippen LogP contribution is -2.48. The molecule has 0 unspecified atom stereocenters. The Bertz CT molecular complexity index is 488. The van der Waals surface area contributed by atoms with Crippen LogP contribution in [0.15, 0.2) is 18.2 Å². The van der Waals surface area contributed by atoms with Gasteiger partial charge in [0.15, 0.2) is 11.6 Å². The highest BCUT2D eigenvalue weighted by molar-refractivity contribution is 5.22. The summed E-state index contributed by atoms with van der Waals surface area (Å²) in [5, 5.41) is 3.47. The van der Waals surface area contributed by atoms with E-state index in [2.05, 4.69) is 19.2 Å². The first-order valence-electron chi connectivity index (χ1n) is 7.79. The molecule has 1 saturated heterocycles. The molecule has 1 aliphatic heterocycles. The van der Waals surface area contributed by atoms with E-state index in [1.807, 2.05) is 0 Å². The Morgan fingerprint density at radius 1 is 1.23 bits per heavy atom. The number of halogens is 2. The average molecular weight is 313 g/mol. The molecule has 0 aromatic heterocycles. The summed E-state index contributed by atoms with van der Waals surface area (Å²) in [4.78, 5) is 0. The van der Waals surface area contributed by atoms with Crippen molar-refractivity contribution in [3.8, 4) is 0 Å². The van der Waals surface area contributed by atoms with E-state index in [0.717, 1.165) is 18.4 Å². The number of nitrogens with one attached hydrogen (secondary N) is 1. The van der Waals surface area contributed by atoms with Crippen molar-refractivity contribution >= 4 is 0 Å². The van der Waals surface area contributed by atoms with E-state index in [-0.39, 0.29) is 17.6 Å². The zero-order valence-corrected chi connectivity index (χ0v) is 13.5. The van der Waals surface area contributed by atoms with Crippen molar-refractivity contribution in [1.82, 2.24) is 5.32 Å². The molecule has 1 atom stereocenters. The predicted molar refractivity (Wildman–Crippen MR) is 81.7 cm³/mol. The first-order valence-corrected chi connectivity index (χ1v) is 7.79. The van der Waals surface area contributed by atoms with E-state index >= 15 is 0 Å². The summed E-state index contributed by atoms with van der Waals surface area (Å²) in [6.07, 6.45) is 1.66. The van der Waals surface area contributed by atoms with Gasteiger partial charge in [-0.3, -0.25) is 0 Å². The molecule has 1 heterocycles. The van der Waals surface area contributed by atoms with Crippen LogP contribution in [0.1, 0.15) is 38.3 Å². The number of benzene rings is 1. The third-order valence-corrected chi connectivity index (χ3v) is 4.45. The SMILES string of the molecule is COC1(CN[C@H](c2ccc(F)c(F)c2)C(C)C)CCOCC1. The molecule has 1 aromatic rings. The van der Waals surface area contributed by atoms with Crippen LogP contribution < -0.4 is 5.32 Å². The molecule has 0 aliphatic carbocycles. The molecule has 1 fully saturated rings. The number of rotatable bonds is 6. The zero-order valence-electron chi connectivity index (χ0n) is 13.5. The molecule has 5 heteroatoms. The van der Waals surface area contributed by atoms with Crippen molar-refractivity contribution in [3.63, 3.8) is 0 Å². The monoisotopic (exact) mass is 313 g/mol. The second-order valence-electron chi connectivity index (χ2n) is 6.28. The molecule has 0 spiro atoms. The van der Waals surface area contributed by atoms with Gasteiger partial charge in [-0.25, -0.2) is 8.78 Å². The van der Waals surface area contributed by atoms with Crippen molar-refractivity contribution in [2.45, 2.75) is 38.3 Å². The molecular formula is C17H25F2NO2. The van der Waals surface area contributed by atoms with Crippen LogP contribution in [0.25, 0.3) is 0 Å². The number of hydrogen-bond acceptors (Lipinski definition) is 3. The Labute approximate surface area is 131 Å². The van der Waals surface area contributed by atoms with Crippen LogP contribution in [0.5, 0.6) is 0 Å². The number of hydrogen-bond donors (Lipinski definition) is 1. The molecule has 2 rings (SSSR count). The maximum atomic E-state index is 13.5. The molecule has 124 valence electrons. The number of methoxy groups -OCH3 is 1. The van der Waals surface area contributed by atoms with Crippen LogP contribution in [0.3, 0.4) is 0 Å². The van der Waals surface area contributed by atoms with E-state index < -0.39 is 11.6 Å². The van der Waals surface area contributed by atoms with Gasteiger partial charge in [-0.05, 0) is 23.6 Å². The Hall–Kier alpha value is -1.04. The molecule has 0 saturated carbocycles. The second-order valence-corrected chi connectivity index (χ2v) is 6.28. The van der Waals surface area contributed by atoms with Crippen molar-refractivity contribution in [3.05, 3.63) is 35.4 Å². The molecule has 1 aromatic carbocycles. The normalized spacial score (nSPS) is 19.4. The molecule has 0 amide bonds. The first-order chi connectivity index (χ1) is 10.5. The summed E-state index contributed by atoms with van der Waals surface area (Å²) in [7, 11) is 1.72. The molecule has 3 nitrogen and oxygen atoms in total. The highest BCUT2D eigenvalue weighted by Crippen LogP contribution is 2.28. The van der Waals surface area contributed by atoms with Gasteiger partial charge in [0.05, 0.1) is 5.60 Å². The lowest BCUT2D eigenvalue weighted by Gasteiger charge is -2.38. The van der Waals surface area contributed by atoms with E-state index in [1.165, 1.54) is 12.1 Å². The Kier molecular flexibility index (Phi) is 5.89. The van der Waals surface area contributed by atoms with Gasteiger partial charge in [0.1, 0.15) is 0 Å². The Morgan fingerprint density at radius 3 is 2.45 bits per heavy atom. The predicted octanol–water partition coefficient (Wildman–Crippen LogP) is 3.45. The van der Waals surface area contributed by atoms with E-state index in [1.54, 1.807) is 13.2 Å². The molecule has 1 aliphatic rings. The van der Waals surface area contributed by atoms with Crippen molar-refractivity contribution in [2.75, 3.05) is 26.9 Å². The van der Waals surface area contributed by atoms with Gasteiger partial charge in [-0.2, -0.15) is 0 Å². The van der Waals surface area contributed by atoms with Crippen LogP contribution in [0, 0.1) is 17.6 Å². The third-order valence-electron chi connectivity index (χ3n) is 4.45. The van der Waals surface area contributed by atoms with Crippen LogP contribution in [-0.2, 0) is 9.47 Å². The fraction of sp³-hybridized carbons (Fsp3) is 0.647. The Balaban J connectivity index is 2.09. The third kappa shape index (κ3) is 4.03. The minimum Gasteiger partial charge on any atom is -0.381 e. The fourth-order valence-electron chi connectivity index (χ4n) is 2.94. The Morgan fingerprint density at radius 2 is 1.91 bits per heavy atom. The number of ether oxygens (including phenoxy) is 2. The van der Waals surface area contributed by atoms with E-state index in [9.17, 15) is 8.78 Å². The van der Waals surface area contributed by atoms with Gasteiger partial charge in [0.25, 0.3) is 0 Å². The first kappa shape index (κ1) is 17.3. The van der Waals surface area contributed by atoms with Crippen LogP contribution in [0.4, 0.5) is 8.78 Å². The highest BCUT2D eigenvalue weighted by atomic mass is 19.2. The summed E-state index contributed by atoms with van der Waals surface area (Å²) in [5.41, 5.74) is 0.511. The smallest absolute Gasteiger partial charge is 0.159 e. The van der Waals surface area contributed by atoms with Gasteiger partial charge in [-0.15, -0.1) is 0 Å². The largest absolute Gasteiger partial charge is 0.381 e. The summed E-state index contributed by atoms with van der Waals surface area (Å²) in [6, 6.07) is 4.04. The maximum Gasteiger partial charge on any atom is 0.159 e. The second kappa shape index (κ2) is 7.49. The fourth-order valence-corrected chi connectivity index (χ4v) is 2.94. The van der Waals surface area contributed by atoms with E-state index in [4.69, 9.17) is 9.47 Å². The van der Waals surface area contributed by atoms with Gasteiger partial charge >= 0.3 is 0 Å². The molecule has 1 N–H and O–H groups in total. The quantitative estimate of drug-likeness (QED) is 0.872. The standard InChI is InChI=1S/C17H25F2NO2/c1-12(2)16(13-4-5-14(18)15(19)10-13)20-11-17(21-3)6-8-22-9-7-17/h4-5,10,12,16,20H,6-9,11H2,1-3H3/t16-/m0/s1. The van der Waals surface area contributed by atoms with Crippen LogP contribution in [-0.4, -0.2) is 32.5 Å². The summed E-state index contributed by atoms with van der Waals surface area (Å²) >= 11 is 0. The summed E-state index contributed by atoms with van der Waals surface area (Å²) < 4.78 is 37.7. The maximum absolute atomic E-state index is 13.5. The molecular weight excluding hydrogens is 288 g/mol. The van der Waals surface area contributed by atoms with Gasteiger partial charge in [-0.1, -0.05) is 19.9 Å². The van der Waals surface area contributed by atoms with E-state index in [0.29, 0.717) is 19.8 Å². The zero-order chi connectivity index (χ0) is 16.2. The van der Waals surface area contributed by atoms with Gasteiger partial charge in [0.2, 0.25) is 0 Å². The van der Waals surface area contributed by atoms with Gasteiger partial charge < -0.3 is 14.8 Å². The summed E-state index contributed by atoms with van der Waals surface area (Å²) in [6.45, 7) is 6.15. The minimum atomic E-state index is -0.816. The molecule has 0 bridgehead atoms. The average Bonchev–Trinajstić information content (AvgIpc) is 2.51. The lowest BCUT2D eigenvalue weighted by atomic mass is 9.91. The van der Waals surface area contributed by atoms with Gasteiger partial charge in [0, 0.05) is 45.8 Å². The minimum absolute atomic E-state index is 0.0510. The topological polar surface area (TPSA) is 30.5 Å². The highest BCUT2D eigenvalue weighted by Gasteiger charge is 2.33. The summed E-state index contributed by atoms with van der Waals surface area (Å²) in [5.74, 6) is -1.37. The molecule has 22 heavy (non-hydrogen) atoms. The lowest BCUT2D eigenvalue weighted by molar-refractivity contribution is -0.0892. The molecule has 0 radical (unpaired) electrons. The van der Waals surface area contributed by atoms with Crippen LogP contribution in [0.2, 0.25) is 0 Å².